The van der Waals surface area contributed by atoms with Crippen LogP contribution >= 0.6 is 0 Å². The Kier molecular flexibility index (Phi) is 1.35. The molecule has 0 unspecified atom stereocenters. The molecular weight excluding hydrogens is 136 g/mol. The molecule has 0 spiro atoms. The Morgan fingerprint density at radius 3 is 2.50 bits per heavy atom. The number of hydrogen-bond acceptors (Lipinski definition) is 4. The summed E-state index contributed by atoms with van der Waals surface area (Å²) < 4.78 is 4.56. The van der Waals surface area contributed by atoms with E-state index in [-0.39, 0.29) is 6.61 Å². The van der Waals surface area contributed by atoms with E-state index in [9.17, 15) is 9.70 Å². The molecule has 0 saturated carbocycles. The minimum atomic E-state index is -0.667. The fourth-order valence-corrected chi connectivity index (χ4v) is 0.752. The summed E-state index contributed by atoms with van der Waals surface area (Å²) in [7, 11) is 0. The van der Waals surface area contributed by atoms with Gasteiger partial charge in [0.05, 0.1) is 5.29 Å². The third-order valence-electron chi connectivity index (χ3n) is 1.38. The van der Waals surface area contributed by atoms with E-state index in [1.54, 1.807) is 13.8 Å². The van der Waals surface area contributed by atoms with Crippen LogP contribution in [0.15, 0.2) is 5.29 Å². The molecule has 1 aliphatic rings. The Bertz CT molecular complexity index is 178. The van der Waals surface area contributed by atoms with Crippen molar-refractivity contribution in [2.75, 3.05) is 6.61 Å². The Balaban J connectivity index is 2.82. The molecule has 56 valence electrons. The lowest BCUT2D eigenvalue weighted by molar-refractivity contribution is 0.156. The standard InChI is InChI=1S/C5H8N2O3/c1-5(2)3-10-4(8)7(5)6-9/h3H2,1-2H3. The van der Waals surface area contributed by atoms with E-state index < -0.39 is 11.6 Å². The Labute approximate surface area is 57.9 Å². The van der Waals surface area contributed by atoms with Gasteiger partial charge in [-0.3, -0.25) is 0 Å². The minimum absolute atomic E-state index is 0.220. The number of carbonyl (C=O) groups excluding carboxylic acids is 1. The first-order valence-electron chi connectivity index (χ1n) is 2.88. The molecule has 0 N–H and O–H groups in total. The number of hydrogen-bond donors (Lipinski definition) is 0. The molecule has 1 aliphatic heterocycles. The molecule has 1 heterocycles. The maximum absolute atomic E-state index is 10.6. The highest BCUT2D eigenvalue weighted by atomic mass is 16.6. The summed E-state index contributed by atoms with van der Waals surface area (Å²) in [5.41, 5.74) is -0.584. The third kappa shape index (κ3) is 0.832. The number of carbonyl (C=O) groups is 1. The molecule has 0 atom stereocenters. The first-order chi connectivity index (χ1) is 4.58. The Hall–Kier alpha value is -1.13. The summed E-state index contributed by atoms with van der Waals surface area (Å²) in [5, 5.41) is 3.33. The van der Waals surface area contributed by atoms with E-state index in [1.165, 1.54) is 0 Å². The average molecular weight is 144 g/mol. The zero-order chi connectivity index (χ0) is 7.78. The third-order valence-corrected chi connectivity index (χ3v) is 1.38. The van der Waals surface area contributed by atoms with Crippen molar-refractivity contribution in [1.82, 2.24) is 5.01 Å². The lowest BCUT2D eigenvalue weighted by Crippen LogP contribution is -2.37. The highest BCUT2D eigenvalue weighted by Gasteiger charge is 2.41. The lowest BCUT2D eigenvalue weighted by atomic mass is 10.1. The van der Waals surface area contributed by atoms with E-state index >= 15 is 0 Å². The predicted molar refractivity (Wildman–Crippen MR) is 33.1 cm³/mol. The maximum atomic E-state index is 10.6. The molecular formula is C5H8N2O3. The van der Waals surface area contributed by atoms with Crippen LogP contribution in [0.3, 0.4) is 0 Å². The number of nitrogens with zero attached hydrogens (tertiary/aromatic N) is 2. The van der Waals surface area contributed by atoms with Crippen LogP contribution in [0.2, 0.25) is 0 Å². The fourth-order valence-electron chi connectivity index (χ4n) is 0.752. The molecule has 10 heavy (non-hydrogen) atoms. The highest BCUT2D eigenvalue weighted by Crippen LogP contribution is 2.22. The highest BCUT2D eigenvalue weighted by molar-refractivity contribution is 5.70. The Morgan fingerprint density at radius 2 is 2.30 bits per heavy atom. The molecule has 0 aromatic heterocycles. The van der Waals surface area contributed by atoms with Gasteiger partial charge in [-0.05, 0) is 13.8 Å². The molecule has 1 amide bonds. The summed E-state index contributed by atoms with van der Waals surface area (Å²) in [6.07, 6.45) is -0.667. The quantitative estimate of drug-likeness (QED) is 0.513. The molecule has 0 aromatic carbocycles. The summed E-state index contributed by atoms with van der Waals surface area (Å²) >= 11 is 0. The molecule has 0 bridgehead atoms. The largest absolute Gasteiger partial charge is 0.446 e. The molecule has 5 nitrogen and oxygen atoms in total. The van der Waals surface area contributed by atoms with E-state index in [1.807, 2.05) is 0 Å². The molecule has 0 aromatic rings. The number of rotatable bonds is 1. The molecule has 1 rings (SSSR count). The SMILES string of the molecule is CC1(C)COC(=O)N1N=O. The van der Waals surface area contributed by atoms with Crippen LogP contribution in [-0.4, -0.2) is 23.2 Å². The number of cyclic esters (lactones) is 1. The van der Waals surface area contributed by atoms with Crippen molar-refractivity contribution in [1.29, 1.82) is 0 Å². The van der Waals surface area contributed by atoms with Gasteiger partial charge in [0.2, 0.25) is 0 Å². The van der Waals surface area contributed by atoms with Crippen LogP contribution in [0.5, 0.6) is 0 Å². The van der Waals surface area contributed by atoms with Gasteiger partial charge in [0.25, 0.3) is 0 Å². The molecule has 0 radical (unpaired) electrons. The van der Waals surface area contributed by atoms with Crippen molar-refractivity contribution in [2.24, 2.45) is 5.29 Å². The zero-order valence-electron chi connectivity index (χ0n) is 5.83. The van der Waals surface area contributed by atoms with Crippen LogP contribution in [0, 0.1) is 4.91 Å². The van der Waals surface area contributed by atoms with Gasteiger partial charge < -0.3 is 4.74 Å². The van der Waals surface area contributed by atoms with Crippen molar-refractivity contribution >= 4 is 6.09 Å². The van der Waals surface area contributed by atoms with Crippen LogP contribution in [0.25, 0.3) is 0 Å². The minimum Gasteiger partial charge on any atom is -0.446 e. The molecule has 0 aliphatic carbocycles. The van der Waals surface area contributed by atoms with Crippen LogP contribution in [0.1, 0.15) is 13.8 Å². The summed E-state index contributed by atoms with van der Waals surface area (Å²) in [4.78, 5) is 20.6. The van der Waals surface area contributed by atoms with Crippen LogP contribution < -0.4 is 0 Å². The number of nitroso groups, excluding NO2 is 1. The first-order valence-corrected chi connectivity index (χ1v) is 2.88. The van der Waals surface area contributed by atoms with Crippen molar-refractivity contribution in [3.63, 3.8) is 0 Å². The van der Waals surface area contributed by atoms with E-state index in [0.717, 1.165) is 5.01 Å². The van der Waals surface area contributed by atoms with Gasteiger partial charge >= 0.3 is 6.09 Å². The van der Waals surface area contributed by atoms with Crippen molar-refractivity contribution < 1.29 is 9.53 Å². The van der Waals surface area contributed by atoms with Crippen LogP contribution in [0.4, 0.5) is 4.79 Å². The van der Waals surface area contributed by atoms with Gasteiger partial charge in [-0.15, -0.1) is 4.91 Å². The van der Waals surface area contributed by atoms with Gasteiger partial charge in [-0.25, -0.2) is 4.79 Å². The number of ether oxygens (including phenoxy) is 1. The average Bonchev–Trinajstić information content (AvgIpc) is 2.07. The molecule has 1 fully saturated rings. The monoisotopic (exact) mass is 144 g/mol. The maximum Gasteiger partial charge on any atom is 0.433 e. The second kappa shape index (κ2) is 1.93. The topological polar surface area (TPSA) is 59.0 Å². The first kappa shape index (κ1) is 6.98. The summed E-state index contributed by atoms with van der Waals surface area (Å²) in [5.74, 6) is 0. The van der Waals surface area contributed by atoms with Gasteiger partial charge in [-0.2, -0.15) is 5.01 Å². The van der Waals surface area contributed by atoms with E-state index in [4.69, 9.17) is 0 Å². The smallest absolute Gasteiger partial charge is 0.433 e. The number of amides is 1. The van der Waals surface area contributed by atoms with E-state index in [2.05, 4.69) is 10.0 Å². The molecule has 1 saturated heterocycles. The molecule has 5 heteroatoms. The zero-order valence-corrected chi connectivity index (χ0v) is 5.83. The van der Waals surface area contributed by atoms with Crippen molar-refractivity contribution in [3.05, 3.63) is 4.91 Å². The fraction of sp³-hybridized carbons (Fsp3) is 0.800. The predicted octanol–water partition coefficient (Wildman–Crippen LogP) is 0.899. The van der Waals surface area contributed by atoms with E-state index in [0.29, 0.717) is 0 Å². The lowest BCUT2D eigenvalue weighted by Gasteiger charge is -2.18. The van der Waals surface area contributed by atoms with Gasteiger partial charge in [0.1, 0.15) is 12.1 Å². The Morgan fingerprint density at radius 1 is 1.70 bits per heavy atom. The summed E-state index contributed by atoms with van der Waals surface area (Å²) in [6, 6.07) is 0. The van der Waals surface area contributed by atoms with Crippen molar-refractivity contribution in [3.8, 4) is 0 Å². The van der Waals surface area contributed by atoms with Crippen LogP contribution in [-0.2, 0) is 4.74 Å². The normalized spacial score (nSPS) is 22.6. The van der Waals surface area contributed by atoms with Gasteiger partial charge in [0.15, 0.2) is 0 Å². The summed E-state index contributed by atoms with van der Waals surface area (Å²) in [6.45, 7) is 3.64. The van der Waals surface area contributed by atoms with Crippen molar-refractivity contribution in [2.45, 2.75) is 19.4 Å². The van der Waals surface area contributed by atoms with Gasteiger partial charge in [0, 0.05) is 0 Å². The second-order valence-electron chi connectivity index (χ2n) is 2.76. The second-order valence-corrected chi connectivity index (χ2v) is 2.76. The van der Waals surface area contributed by atoms with Gasteiger partial charge in [-0.1, -0.05) is 0 Å².